The highest BCUT2D eigenvalue weighted by Crippen LogP contribution is 2.31. The average molecular weight is 481 g/mol. The summed E-state index contributed by atoms with van der Waals surface area (Å²) in [6, 6.07) is 6.82. The fraction of sp³-hybridized carbons (Fsp3) is 0.423. The van der Waals surface area contributed by atoms with E-state index in [4.69, 9.17) is 9.47 Å². The lowest BCUT2D eigenvalue weighted by Gasteiger charge is -2.36. The van der Waals surface area contributed by atoms with E-state index in [9.17, 15) is 24.6 Å². The summed E-state index contributed by atoms with van der Waals surface area (Å²) in [5.74, 6) is -0.816. The number of aliphatic hydroxyl groups excluding tert-OH is 2. The molecule has 1 fully saturated rings. The van der Waals surface area contributed by atoms with Gasteiger partial charge in [0.1, 0.15) is 13.2 Å². The van der Waals surface area contributed by atoms with Crippen molar-refractivity contribution in [2.45, 2.75) is 39.3 Å². The van der Waals surface area contributed by atoms with Crippen molar-refractivity contribution in [1.82, 2.24) is 9.80 Å². The van der Waals surface area contributed by atoms with Crippen molar-refractivity contribution in [2.24, 2.45) is 0 Å². The van der Waals surface area contributed by atoms with Gasteiger partial charge in [0.2, 0.25) is 5.91 Å². The molecule has 9 heteroatoms. The zero-order chi connectivity index (χ0) is 24.9. The Morgan fingerprint density at radius 3 is 1.83 bits per heavy atom. The minimum atomic E-state index is -0.879. The lowest BCUT2D eigenvalue weighted by atomic mass is 9.95. The van der Waals surface area contributed by atoms with Crippen molar-refractivity contribution in [3.05, 3.63) is 68.8 Å². The molecule has 2 N–H and O–H groups in total. The second kappa shape index (κ2) is 9.07. The van der Waals surface area contributed by atoms with Crippen LogP contribution in [0.3, 0.4) is 0 Å². The van der Waals surface area contributed by atoms with Gasteiger partial charge in [0.05, 0.1) is 36.4 Å². The number of hydrogen-bond acceptors (Lipinski definition) is 8. The number of hydrogen-bond donors (Lipinski definition) is 2. The predicted molar refractivity (Wildman–Crippen MR) is 124 cm³/mol. The van der Waals surface area contributed by atoms with Crippen LogP contribution in [0.4, 0.5) is 0 Å². The lowest BCUT2D eigenvalue weighted by Crippen LogP contribution is -2.52. The highest BCUT2D eigenvalue weighted by Gasteiger charge is 2.31. The molecular weight excluding hydrogens is 452 g/mol. The number of cyclic esters (lactones) is 2. The fourth-order valence-corrected chi connectivity index (χ4v) is 5.21. The van der Waals surface area contributed by atoms with Crippen LogP contribution < -0.4 is 0 Å². The number of esters is 2. The maximum atomic E-state index is 12.8. The molecule has 1 saturated heterocycles. The van der Waals surface area contributed by atoms with E-state index in [0.717, 1.165) is 27.8 Å². The van der Waals surface area contributed by atoms with E-state index in [0.29, 0.717) is 29.8 Å². The average Bonchev–Trinajstić information content (AvgIpc) is 3.39. The van der Waals surface area contributed by atoms with Crippen molar-refractivity contribution in [2.75, 3.05) is 32.7 Å². The quantitative estimate of drug-likeness (QED) is 0.599. The first-order valence-electron chi connectivity index (χ1n) is 11.7. The van der Waals surface area contributed by atoms with Crippen LogP contribution in [-0.2, 0) is 27.5 Å². The number of fused-ring (bicyclic) bond motifs is 2. The number of benzene rings is 2. The maximum Gasteiger partial charge on any atom is 0.338 e. The minimum Gasteiger partial charge on any atom is -0.457 e. The molecule has 0 spiro atoms. The predicted octanol–water partition coefficient (Wildman–Crippen LogP) is 1.56. The second-order valence-corrected chi connectivity index (χ2v) is 9.37. The molecule has 3 aliphatic rings. The Bertz CT molecular complexity index is 1220. The number of nitrogens with zero attached hydrogens (tertiary/aromatic N) is 2. The number of carbonyl (C=O) groups is 3. The summed E-state index contributed by atoms with van der Waals surface area (Å²) < 4.78 is 10.2. The summed E-state index contributed by atoms with van der Waals surface area (Å²) in [5.41, 5.74) is 5.72. The van der Waals surface area contributed by atoms with Crippen molar-refractivity contribution in [3.8, 4) is 0 Å². The van der Waals surface area contributed by atoms with Gasteiger partial charge in [-0.2, -0.15) is 0 Å². The molecule has 35 heavy (non-hydrogen) atoms. The van der Waals surface area contributed by atoms with Crippen LogP contribution in [0, 0.1) is 13.8 Å². The number of aliphatic hydroxyl groups is 2. The van der Waals surface area contributed by atoms with E-state index in [1.54, 1.807) is 29.2 Å². The van der Waals surface area contributed by atoms with E-state index >= 15 is 0 Å². The van der Waals surface area contributed by atoms with Crippen molar-refractivity contribution < 1.29 is 34.1 Å². The van der Waals surface area contributed by atoms with E-state index in [2.05, 4.69) is 0 Å². The Kier molecular flexibility index (Phi) is 6.08. The van der Waals surface area contributed by atoms with E-state index in [1.165, 1.54) is 0 Å². The van der Waals surface area contributed by atoms with Gasteiger partial charge in [-0.1, -0.05) is 12.1 Å². The van der Waals surface area contributed by atoms with Gasteiger partial charge in [-0.15, -0.1) is 0 Å². The van der Waals surface area contributed by atoms with E-state index in [-0.39, 0.29) is 50.7 Å². The molecule has 2 aromatic rings. The SMILES string of the molecule is Cc1c(C(O)CN2CCN(C[C@H](O)c3ccc4c(c3C)COC4=O)CC2=O)ccc2c1COC2=O. The number of rotatable bonds is 6. The monoisotopic (exact) mass is 480 g/mol. The first kappa shape index (κ1) is 23.5. The highest BCUT2D eigenvalue weighted by molar-refractivity contribution is 5.94. The third-order valence-corrected chi connectivity index (χ3v) is 7.36. The molecule has 0 bridgehead atoms. The molecule has 5 rings (SSSR count). The maximum absolute atomic E-state index is 12.8. The molecule has 3 heterocycles. The van der Waals surface area contributed by atoms with Crippen LogP contribution in [0.15, 0.2) is 24.3 Å². The Labute approximate surface area is 202 Å². The number of amides is 1. The van der Waals surface area contributed by atoms with Gasteiger partial charge in [0.15, 0.2) is 0 Å². The number of ether oxygens (including phenoxy) is 2. The zero-order valence-electron chi connectivity index (χ0n) is 19.7. The van der Waals surface area contributed by atoms with Crippen molar-refractivity contribution in [3.63, 3.8) is 0 Å². The van der Waals surface area contributed by atoms with Gasteiger partial charge < -0.3 is 24.6 Å². The summed E-state index contributed by atoms with van der Waals surface area (Å²) >= 11 is 0. The standard InChI is InChI=1S/C26H28N2O7/c1-14-16(3-5-18-20(14)12-34-25(18)32)22(29)9-27-7-8-28(24(31)11-27)10-23(30)17-4-6-19-21(15(17)2)13-35-26(19)33/h3-6,22-23,29-30H,7-13H2,1-2H3/t22-,23?/m0/s1. The summed E-state index contributed by atoms with van der Waals surface area (Å²) in [7, 11) is 0. The molecule has 0 aliphatic carbocycles. The topological polar surface area (TPSA) is 117 Å². The van der Waals surface area contributed by atoms with Gasteiger partial charge in [-0.3, -0.25) is 9.69 Å². The van der Waals surface area contributed by atoms with Gasteiger partial charge >= 0.3 is 11.9 Å². The molecule has 0 aromatic heterocycles. The molecule has 1 amide bonds. The summed E-state index contributed by atoms with van der Waals surface area (Å²) in [6.45, 7) is 5.71. The Morgan fingerprint density at radius 2 is 1.31 bits per heavy atom. The second-order valence-electron chi connectivity index (χ2n) is 9.37. The summed E-state index contributed by atoms with van der Waals surface area (Å²) in [5, 5.41) is 21.7. The Hall–Kier alpha value is -3.27. The van der Waals surface area contributed by atoms with Crippen LogP contribution in [0.5, 0.6) is 0 Å². The molecule has 3 aliphatic heterocycles. The molecule has 0 saturated carbocycles. The van der Waals surface area contributed by atoms with Gasteiger partial charge in [0.25, 0.3) is 0 Å². The lowest BCUT2D eigenvalue weighted by molar-refractivity contribution is -0.138. The minimum absolute atomic E-state index is 0.121. The molecule has 0 radical (unpaired) electrons. The molecule has 2 atom stereocenters. The van der Waals surface area contributed by atoms with Crippen LogP contribution in [0.2, 0.25) is 0 Å². The number of β-amino-alcohol motifs (C(OH)–C–C–N with tert-alkyl or cyclic N) is 2. The normalized spacial score (nSPS) is 19.3. The van der Waals surface area contributed by atoms with E-state index in [1.807, 2.05) is 18.7 Å². The van der Waals surface area contributed by atoms with Gasteiger partial charge in [-0.25, -0.2) is 9.59 Å². The molecule has 2 aromatic carbocycles. The first-order chi connectivity index (χ1) is 16.7. The van der Waals surface area contributed by atoms with Gasteiger partial charge in [0, 0.05) is 30.8 Å². The first-order valence-corrected chi connectivity index (χ1v) is 11.7. The zero-order valence-corrected chi connectivity index (χ0v) is 19.7. The Balaban J connectivity index is 1.20. The summed E-state index contributed by atoms with van der Waals surface area (Å²) in [6.07, 6.45) is -1.68. The van der Waals surface area contributed by atoms with Crippen molar-refractivity contribution >= 4 is 17.8 Å². The largest absolute Gasteiger partial charge is 0.457 e. The van der Waals surface area contributed by atoms with Crippen LogP contribution in [-0.4, -0.2) is 70.6 Å². The molecule has 1 unspecified atom stereocenters. The van der Waals surface area contributed by atoms with Crippen LogP contribution in [0.1, 0.15) is 66.3 Å². The molecule has 9 nitrogen and oxygen atoms in total. The van der Waals surface area contributed by atoms with Crippen LogP contribution >= 0.6 is 0 Å². The smallest absolute Gasteiger partial charge is 0.338 e. The van der Waals surface area contributed by atoms with Crippen LogP contribution in [0.25, 0.3) is 0 Å². The third-order valence-electron chi connectivity index (χ3n) is 7.36. The molecular formula is C26H28N2O7. The Morgan fingerprint density at radius 1 is 0.800 bits per heavy atom. The van der Waals surface area contributed by atoms with Crippen molar-refractivity contribution in [1.29, 1.82) is 0 Å². The highest BCUT2D eigenvalue weighted by atomic mass is 16.5. The third kappa shape index (κ3) is 4.20. The number of piperazine rings is 1. The summed E-state index contributed by atoms with van der Waals surface area (Å²) in [4.78, 5) is 39.9. The van der Waals surface area contributed by atoms with Gasteiger partial charge in [-0.05, 0) is 48.2 Å². The van der Waals surface area contributed by atoms with E-state index < -0.39 is 12.2 Å². The molecule has 184 valence electrons. The fourth-order valence-electron chi connectivity index (χ4n) is 5.21. The number of carbonyl (C=O) groups excluding carboxylic acids is 3.